The Bertz CT molecular complexity index is 661. The summed E-state index contributed by atoms with van der Waals surface area (Å²) in [6, 6.07) is 17.8. The summed E-state index contributed by atoms with van der Waals surface area (Å²) >= 11 is 0. The van der Waals surface area contributed by atoms with E-state index >= 15 is 0 Å². The van der Waals surface area contributed by atoms with Crippen molar-refractivity contribution < 1.29 is 19.1 Å². The number of carboxylic acid groups (broad SMARTS) is 1. The summed E-state index contributed by atoms with van der Waals surface area (Å²) < 4.78 is 12.7. The molecule has 0 radical (unpaired) electrons. The third-order valence-corrected chi connectivity index (χ3v) is 3.82. The number of aliphatic carboxylic acids is 1. The van der Waals surface area contributed by atoms with Crippen molar-refractivity contribution in [3.8, 4) is 0 Å². The maximum absolute atomic E-state index is 12.7. The number of benzene rings is 2. The average molecular weight is 329 g/mol. The van der Waals surface area contributed by atoms with Crippen molar-refractivity contribution in [3.63, 3.8) is 0 Å². The molecule has 0 heterocycles. The smallest absolute Gasteiger partial charge is 0.328 e. The molecule has 0 fully saturated rings. The highest BCUT2D eigenvalue weighted by Gasteiger charge is 2.22. The fourth-order valence-corrected chi connectivity index (χ4v) is 2.58. The minimum absolute atomic E-state index is 0.0999. The third kappa shape index (κ3) is 5.19. The van der Waals surface area contributed by atoms with E-state index in [1.807, 2.05) is 60.7 Å². The molecule has 5 heteroatoms. The number of rotatable bonds is 8. The van der Waals surface area contributed by atoms with Gasteiger partial charge < -0.3 is 10.4 Å². The fraction of sp³-hybridized carbons (Fsp3) is 0.263. The standard InChI is InChI=1S/C19H20FNO3/c20-13-17(19(23)24)21-18(22)12-16(15-9-5-2-6-10-15)11-14-7-3-1-4-8-14/h1-10,16-17H,11-13H2,(H,21,22)(H,23,24). The number of halogens is 1. The predicted molar refractivity (Wildman–Crippen MR) is 89.5 cm³/mol. The van der Waals surface area contributed by atoms with Crippen molar-refractivity contribution >= 4 is 11.9 Å². The van der Waals surface area contributed by atoms with Crippen molar-refractivity contribution in [3.05, 3.63) is 71.8 Å². The Morgan fingerprint density at radius 2 is 1.58 bits per heavy atom. The van der Waals surface area contributed by atoms with E-state index < -0.39 is 24.6 Å². The number of carbonyl (C=O) groups is 2. The molecular formula is C19H20FNO3. The van der Waals surface area contributed by atoms with Gasteiger partial charge in [0.25, 0.3) is 0 Å². The predicted octanol–water partition coefficient (Wildman–Crippen LogP) is 2.94. The lowest BCUT2D eigenvalue weighted by Crippen LogP contribution is -2.42. The van der Waals surface area contributed by atoms with Crippen LogP contribution in [0.5, 0.6) is 0 Å². The molecule has 0 saturated carbocycles. The summed E-state index contributed by atoms with van der Waals surface area (Å²) in [6.45, 7) is -1.13. The van der Waals surface area contributed by atoms with Crippen molar-refractivity contribution in [2.24, 2.45) is 0 Å². The van der Waals surface area contributed by atoms with E-state index in [9.17, 15) is 14.0 Å². The maximum Gasteiger partial charge on any atom is 0.328 e. The topological polar surface area (TPSA) is 66.4 Å². The number of hydrogen-bond acceptors (Lipinski definition) is 2. The summed E-state index contributed by atoms with van der Waals surface area (Å²) in [7, 11) is 0. The monoisotopic (exact) mass is 329 g/mol. The Hall–Kier alpha value is -2.69. The molecule has 2 rings (SSSR count). The van der Waals surface area contributed by atoms with Crippen LogP contribution in [0.4, 0.5) is 4.39 Å². The lowest BCUT2D eigenvalue weighted by atomic mass is 9.89. The van der Waals surface area contributed by atoms with Crippen LogP contribution >= 0.6 is 0 Å². The molecule has 0 aliphatic rings. The molecule has 1 amide bonds. The van der Waals surface area contributed by atoms with E-state index in [0.29, 0.717) is 6.42 Å². The molecule has 2 atom stereocenters. The molecule has 0 bridgehead atoms. The second-order valence-electron chi connectivity index (χ2n) is 5.61. The largest absolute Gasteiger partial charge is 0.480 e. The minimum Gasteiger partial charge on any atom is -0.480 e. The molecule has 4 nitrogen and oxygen atoms in total. The molecular weight excluding hydrogens is 309 g/mol. The summed E-state index contributed by atoms with van der Waals surface area (Å²) in [6.07, 6.45) is 0.744. The highest BCUT2D eigenvalue weighted by molar-refractivity contribution is 5.84. The normalized spacial score (nSPS) is 13.0. The van der Waals surface area contributed by atoms with Gasteiger partial charge in [-0.1, -0.05) is 60.7 Å². The van der Waals surface area contributed by atoms with Crippen molar-refractivity contribution in [1.82, 2.24) is 5.32 Å². The molecule has 2 aromatic carbocycles. The van der Waals surface area contributed by atoms with Gasteiger partial charge in [0.05, 0.1) is 0 Å². The van der Waals surface area contributed by atoms with Crippen LogP contribution in [0.3, 0.4) is 0 Å². The van der Waals surface area contributed by atoms with Gasteiger partial charge in [0.2, 0.25) is 5.91 Å². The molecule has 0 aliphatic heterocycles. The average Bonchev–Trinajstić information content (AvgIpc) is 2.60. The van der Waals surface area contributed by atoms with E-state index in [-0.39, 0.29) is 12.3 Å². The van der Waals surface area contributed by atoms with Gasteiger partial charge in [0, 0.05) is 6.42 Å². The molecule has 0 aliphatic carbocycles. The lowest BCUT2D eigenvalue weighted by Gasteiger charge is -2.19. The van der Waals surface area contributed by atoms with Gasteiger partial charge in [0.15, 0.2) is 6.04 Å². The van der Waals surface area contributed by atoms with Crippen LogP contribution < -0.4 is 5.32 Å². The Morgan fingerprint density at radius 3 is 2.12 bits per heavy atom. The molecule has 2 unspecified atom stereocenters. The van der Waals surface area contributed by atoms with E-state index in [0.717, 1.165) is 11.1 Å². The first kappa shape index (κ1) is 17.7. The van der Waals surface area contributed by atoms with Crippen LogP contribution in [0.25, 0.3) is 0 Å². The number of carboxylic acids is 1. The molecule has 2 aromatic rings. The number of amides is 1. The van der Waals surface area contributed by atoms with Crippen LogP contribution in [0.15, 0.2) is 60.7 Å². The molecule has 126 valence electrons. The van der Waals surface area contributed by atoms with Gasteiger partial charge in [-0.05, 0) is 23.5 Å². The Balaban J connectivity index is 2.11. The van der Waals surface area contributed by atoms with Gasteiger partial charge in [-0.15, -0.1) is 0 Å². The van der Waals surface area contributed by atoms with E-state index in [4.69, 9.17) is 5.11 Å². The quantitative estimate of drug-likeness (QED) is 0.782. The minimum atomic E-state index is -1.49. The van der Waals surface area contributed by atoms with Crippen LogP contribution in [-0.4, -0.2) is 29.7 Å². The van der Waals surface area contributed by atoms with Crippen molar-refractivity contribution in [2.75, 3.05) is 6.67 Å². The highest BCUT2D eigenvalue weighted by Crippen LogP contribution is 2.24. The first-order chi connectivity index (χ1) is 11.6. The SMILES string of the molecule is O=C(CC(Cc1ccccc1)c1ccccc1)NC(CF)C(=O)O. The van der Waals surface area contributed by atoms with E-state index in [2.05, 4.69) is 5.32 Å². The number of nitrogens with one attached hydrogen (secondary N) is 1. The molecule has 0 saturated heterocycles. The Morgan fingerprint density at radius 1 is 1.00 bits per heavy atom. The lowest BCUT2D eigenvalue weighted by molar-refractivity contribution is -0.142. The maximum atomic E-state index is 12.7. The van der Waals surface area contributed by atoms with Gasteiger partial charge in [-0.25, -0.2) is 9.18 Å². The highest BCUT2D eigenvalue weighted by atomic mass is 19.1. The molecule has 2 N–H and O–H groups in total. The van der Waals surface area contributed by atoms with Gasteiger partial charge in [-0.2, -0.15) is 0 Å². The van der Waals surface area contributed by atoms with Crippen molar-refractivity contribution in [1.29, 1.82) is 0 Å². The fourth-order valence-electron chi connectivity index (χ4n) is 2.58. The number of carbonyl (C=O) groups excluding carboxylic acids is 1. The number of hydrogen-bond donors (Lipinski definition) is 2. The zero-order valence-electron chi connectivity index (χ0n) is 13.2. The van der Waals surface area contributed by atoms with Gasteiger partial charge in [0.1, 0.15) is 6.67 Å². The van der Waals surface area contributed by atoms with Crippen LogP contribution in [-0.2, 0) is 16.0 Å². The third-order valence-electron chi connectivity index (χ3n) is 3.82. The second-order valence-corrected chi connectivity index (χ2v) is 5.61. The zero-order valence-corrected chi connectivity index (χ0v) is 13.2. The second kappa shape index (κ2) is 8.82. The van der Waals surface area contributed by atoms with Crippen LogP contribution in [0.1, 0.15) is 23.5 Å². The van der Waals surface area contributed by atoms with E-state index in [1.54, 1.807) is 0 Å². The van der Waals surface area contributed by atoms with Gasteiger partial charge in [-0.3, -0.25) is 4.79 Å². The van der Waals surface area contributed by atoms with Crippen molar-refractivity contribution in [2.45, 2.75) is 24.8 Å². The van der Waals surface area contributed by atoms with Crippen LogP contribution in [0.2, 0.25) is 0 Å². The Labute approximate surface area is 140 Å². The van der Waals surface area contributed by atoms with E-state index in [1.165, 1.54) is 0 Å². The summed E-state index contributed by atoms with van der Waals surface area (Å²) in [5.74, 6) is -1.95. The van der Waals surface area contributed by atoms with Gasteiger partial charge >= 0.3 is 5.97 Å². The zero-order chi connectivity index (χ0) is 17.4. The summed E-state index contributed by atoms with van der Waals surface area (Å²) in [4.78, 5) is 23.0. The Kier molecular flexibility index (Phi) is 6.49. The molecule has 0 aromatic heterocycles. The summed E-state index contributed by atoms with van der Waals surface area (Å²) in [5.41, 5.74) is 2.07. The first-order valence-corrected chi connectivity index (χ1v) is 7.77. The number of alkyl halides is 1. The summed E-state index contributed by atoms with van der Waals surface area (Å²) in [5, 5.41) is 11.1. The first-order valence-electron chi connectivity index (χ1n) is 7.77. The molecule has 24 heavy (non-hydrogen) atoms. The molecule has 0 spiro atoms. The van der Waals surface area contributed by atoms with Crippen LogP contribution in [0, 0.1) is 0 Å².